The Hall–Kier alpha value is -3.87. The molecule has 3 amide bonds. The van der Waals surface area contributed by atoms with Crippen LogP contribution in [-0.2, 0) is 14.4 Å². The van der Waals surface area contributed by atoms with Gasteiger partial charge in [0.15, 0.2) is 18.1 Å². The van der Waals surface area contributed by atoms with Gasteiger partial charge in [0.05, 0.1) is 23.7 Å². The summed E-state index contributed by atoms with van der Waals surface area (Å²) in [6.07, 6.45) is 0. The molecule has 0 bridgehead atoms. The number of thioether (sulfide) groups is 1. The van der Waals surface area contributed by atoms with Gasteiger partial charge in [-0.3, -0.25) is 19.2 Å². The monoisotopic (exact) mass is 665 g/mol. The lowest BCUT2D eigenvalue weighted by atomic mass is 9.83. The topological polar surface area (TPSA) is 118 Å². The lowest BCUT2D eigenvalue weighted by Crippen LogP contribution is -2.32. The summed E-state index contributed by atoms with van der Waals surface area (Å²) in [7, 11) is 1.48. The van der Waals surface area contributed by atoms with Crippen molar-refractivity contribution in [3.8, 4) is 11.5 Å². The van der Waals surface area contributed by atoms with Gasteiger partial charge >= 0.3 is 4.87 Å². The van der Waals surface area contributed by atoms with Crippen molar-refractivity contribution in [3.05, 3.63) is 96.9 Å². The normalized spacial score (nSPS) is 19.3. The predicted molar refractivity (Wildman–Crippen MR) is 165 cm³/mol. The first-order chi connectivity index (χ1) is 20.2. The summed E-state index contributed by atoms with van der Waals surface area (Å²) >= 11 is 5.64. The molecule has 2 aliphatic heterocycles. The number of methoxy groups -OCH3 is 1. The van der Waals surface area contributed by atoms with Crippen LogP contribution in [0.4, 0.5) is 11.4 Å². The summed E-state index contributed by atoms with van der Waals surface area (Å²) < 4.78 is 12.2. The number of carbonyl (C=O) groups is 3. The van der Waals surface area contributed by atoms with Crippen LogP contribution in [-0.4, -0.2) is 41.7 Å². The van der Waals surface area contributed by atoms with E-state index in [-0.39, 0.29) is 29.2 Å². The molecule has 3 atom stereocenters. The van der Waals surface area contributed by atoms with Crippen LogP contribution in [0.3, 0.4) is 0 Å². The molecule has 2 N–H and O–H groups in total. The van der Waals surface area contributed by atoms with Gasteiger partial charge in [-0.15, -0.1) is 0 Å². The molecule has 1 aromatic heterocycles. The van der Waals surface area contributed by atoms with E-state index < -0.39 is 17.1 Å². The van der Waals surface area contributed by atoms with E-state index >= 15 is 0 Å². The van der Waals surface area contributed by atoms with E-state index in [1.807, 2.05) is 31.2 Å². The number of hydrogen-bond donors (Lipinski definition) is 2. The summed E-state index contributed by atoms with van der Waals surface area (Å²) in [5.74, 6) is -1.59. The van der Waals surface area contributed by atoms with Crippen molar-refractivity contribution in [3.63, 3.8) is 0 Å². The Labute approximate surface area is 257 Å². The molecular formula is C30H24BrN3O6S2. The molecule has 0 aliphatic carbocycles. The molecule has 0 saturated carbocycles. The van der Waals surface area contributed by atoms with Gasteiger partial charge in [0.2, 0.25) is 11.8 Å². The largest absolute Gasteiger partial charge is 0.493 e. The minimum atomic E-state index is -0.734. The molecule has 9 nitrogen and oxygen atoms in total. The number of H-pyrrole nitrogens is 1. The predicted octanol–water partition coefficient (Wildman–Crippen LogP) is 5.33. The molecule has 3 aromatic carbocycles. The van der Waals surface area contributed by atoms with Gasteiger partial charge in [-0.2, -0.15) is 0 Å². The summed E-state index contributed by atoms with van der Waals surface area (Å²) in [5, 5.41) is 2.67. The van der Waals surface area contributed by atoms with Gasteiger partial charge in [-0.1, -0.05) is 62.8 Å². The summed E-state index contributed by atoms with van der Waals surface area (Å²) in [5.41, 5.74) is 2.93. The van der Waals surface area contributed by atoms with E-state index in [9.17, 15) is 19.2 Å². The lowest BCUT2D eigenvalue weighted by Gasteiger charge is -2.30. The Bertz CT molecular complexity index is 1750. The number of nitrogens with zero attached hydrogens (tertiary/aromatic N) is 1. The van der Waals surface area contributed by atoms with Crippen molar-refractivity contribution in [2.45, 2.75) is 23.1 Å². The number of fused-ring (bicyclic) bond motifs is 2. The van der Waals surface area contributed by atoms with Crippen LogP contribution >= 0.6 is 39.0 Å². The van der Waals surface area contributed by atoms with Crippen molar-refractivity contribution >= 4 is 68.1 Å². The number of rotatable bonds is 7. The fourth-order valence-electron chi connectivity index (χ4n) is 5.19. The molecule has 0 radical (unpaired) electrons. The number of imide groups is 1. The summed E-state index contributed by atoms with van der Waals surface area (Å²) in [4.78, 5) is 56.9. The molecule has 12 heteroatoms. The highest BCUT2D eigenvalue weighted by molar-refractivity contribution is 9.10. The van der Waals surface area contributed by atoms with Crippen molar-refractivity contribution in [2.75, 3.05) is 23.9 Å². The Morgan fingerprint density at radius 2 is 1.74 bits per heavy atom. The zero-order valence-electron chi connectivity index (χ0n) is 22.4. The SMILES string of the molecule is COc1cc([C@@H]2c3sc(=O)[nH]c3S[C@H]3C(=O)N(c4ccc(Br)cc4)C(=O)[C@@H]23)ccc1OCC(=O)Nc1ccc(C)cc1. The highest BCUT2D eigenvalue weighted by Gasteiger charge is 2.56. The number of aromatic nitrogens is 1. The first-order valence-electron chi connectivity index (χ1n) is 12.9. The number of nitrogens with one attached hydrogen (secondary N) is 2. The van der Waals surface area contributed by atoms with Crippen LogP contribution in [0, 0.1) is 12.8 Å². The van der Waals surface area contributed by atoms with E-state index in [0.717, 1.165) is 21.4 Å². The van der Waals surface area contributed by atoms with E-state index in [2.05, 4.69) is 26.2 Å². The maximum Gasteiger partial charge on any atom is 0.305 e. The Kier molecular flexibility index (Phi) is 7.69. The van der Waals surface area contributed by atoms with Crippen LogP contribution in [0.15, 0.2) is 81.0 Å². The number of amides is 3. The van der Waals surface area contributed by atoms with Crippen LogP contribution in [0.5, 0.6) is 11.5 Å². The van der Waals surface area contributed by atoms with Gasteiger partial charge in [-0.05, 0) is 61.0 Å². The van der Waals surface area contributed by atoms with Gasteiger partial charge in [-0.25, -0.2) is 4.90 Å². The number of aryl methyl sites for hydroxylation is 1. The standard InChI is InChI=1S/C30H24BrN3O6S2/c1-15-3-8-18(9-4-15)32-22(35)14-40-20-12-5-16(13-21(20)39-2)23-24-26(41-27-25(23)42-30(38)33-27)29(37)34(28(24)36)19-10-6-17(31)7-11-19/h3-13,23-24,26H,14H2,1-2H3,(H,32,35)(H,33,38)/t23-,24-,26+/m0/s1. The Morgan fingerprint density at radius 1 is 1.00 bits per heavy atom. The summed E-state index contributed by atoms with van der Waals surface area (Å²) in [6.45, 7) is 1.72. The second-order valence-electron chi connectivity index (χ2n) is 9.85. The minimum Gasteiger partial charge on any atom is -0.493 e. The third-order valence-electron chi connectivity index (χ3n) is 7.15. The lowest BCUT2D eigenvalue weighted by molar-refractivity contribution is -0.122. The van der Waals surface area contributed by atoms with E-state index in [1.54, 1.807) is 42.5 Å². The molecule has 1 fully saturated rings. The molecule has 3 heterocycles. The maximum atomic E-state index is 13.9. The quantitative estimate of drug-likeness (QED) is 0.256. The van der Waals surface area contributed by atoms with E-state index in [0.29, 0.717) is 38.3 Å². The Morgan fingerprint density at radius 3 is 2.45 bits per heavy atom. The zero-order chi connectivity index (χ0) is 29.5. The van der Waals surface area contributed by atoms with Crippen molar-refractivity contribution in [2.24, 2.45) is 5.92 Å². The van der Waals surface area contributed by atoms with Crippen molar-refractivity contribution < 1.29 is 23.9 Å². The van der Waals surface area contributed by atoms with Crippen LogP contribution in [0.25, 0.3) is 0 Å². The van der Waals surface area contributed by atoms with Crippen LogP contribution in [0.2, 0.25) is 0 Å². The number of anilines is 2. The molecule has 214 valence electrons. The number of carbonyl (C=O) groups excluding carboxylic acids is 3. The number of ether oxygens (including phenoxy) is 2. The van der Waals surface area contributed by atoms with E-state index in [1.165, 1.54) is 23.8 Å². The molecule has 4 aromatic rings. The fraction of sp³-hybridized carbons (Fsp3) is 0.200. The third-order valence-corrected chi connectivity index (χ3v) is 10.1. The van der Waals surface area contributed by atoms with Gasteiger partial charge < -0.3 is 19.8 Å². The number of hydrogen-bond acceptors (Lipinski definition) is 8. The van der Waals surface area contributed by atoms with Crippen molar-refractivity contribution in [1.29, 1.82) is 0 Å². The van der Waals surface area contributed by atoms with Gasteiger partial charge in [0, 0.05) is 21.0 Å². The number of aromatic amines is 1. The number of thiazole rings is 1. The average Bonchev–Trinajstić information content (AvgIpc) is 3.47. The molecule has 0 spiro atoms. The molecule has 0 unspecified atom stereocenters. The molecule has 42 heavy (non-hydrogen) atoms. The summed E-state index contributed by atoms with van der Waals surface area (Å²) in [6, 6.07) is 19.6. The van der Waals surface area contributed by atoms with Crippen molar-refractivity contribution in [1.82, 2.24) is 4.98 Å². The molecule has 2 aliphatic rings. The van der Waals surface area contributed by atoms with Gasteiger partial charge in [0.25, 0.3) is 5.91 Å². The maximum absolute atomic E-state index is 13.9. The average molecular weight is 667 g/mol. The van der Waals surface area contributed by atoms with Crippen LogP contribution in [0.1, 0.15) is 21.9 Å². The fourth-order valence-corrected chi connectivity index (χ4v) is 7.97. The highest BCUT2D eigenvalue weighted by atomic mass is 79.9. The number of halogens is 1. The zero-order valence-corrected chi connectivity index (χ0v) is 25.6. The molecular weight excluding hydrogens is 642 g/mol. The second kappa shape index (κ2) is 11.4. The Balaban J connectivity index is 1.29. The minimum absolute atomic E-state index is 0.243. The number of benzene rings is 3. The van der Waals surface area contributed by atoms with E-state index in [4.69, 9.17) is 9.47 Å². The van der Waals surface area contributed by atoms with Crippen LogP contribution < -0.4 is 24.6 Å². The molecule has 6 rings (SSSR count). The smallest absolute Gasteiger partial charge is 0.305 e. The highest BCUT2D eigenvalue weighted by Crippen LogP contribution is 2.53. The third kappa shape index (κ3) is 5.25. The first kappa shape index (κ1) is 28.3. The second-order valence-corrected chi connectivity index (χ2v) is 12.9. The van der Waals surface area contributed by atoms with Gasteiger partial charge in [0.1, 0.15) is 5.25 Å². The molecule has 1 saturated heterocycles. The first-order valence-corrected chi connectivity index (χ1v) is 15.4.